The number of benzene rings is 4. The molecular weight excluding hydrogens is 388 g/mol. The average Bonchev–Trinajstić information content (AvgIpc) is 2.78. The Labute approximate surface area is 182 Å². The molecule has 0 fully saturated rings. The van der Waals surface area contributed by atoms with Gasteiger partial charge >= 0.3 is 0 Å². The normalized spacial score (nSPS) is 11.2. The summed E-state index contributed by atoms with van der Waals surface area (Å²) < 4.78 is 11.7. The first-order valence-corrected chi connectivity index (χ1v) is 10.0. The molecule has 0 saturated carbocycles. The molecule has 0 saturated heterocycles. The molecule has 0 atom stereocenters. The van der Waals surface area contributed by atoms with Crippen LogP contribution in [0.4, 0.5) is 0 Å². The largest absolute Gasteiger partial charge is 0.508 e. The van der Waals surface area contributed by atoms with Gasteiger partial charge in [-0.15, -0.1) is 0 Å². The van der Waals surface area contributed by atoms with Gasteiger partial charge in [0, 0.05) is 5.41 Å². The van der Waals surface area contributed by atoms with Crippen molar-refractivity contribution in [3.05, 3.63) is 108 Å². The van der Waals surface area contributed by atoms with Crippen molar-refractivity contribution in [1.82, 2.24) is 0 Å². The molecule has 0 aliphatic carbocycles. The second-order valence-electron chi connectivity index (χ2n) is 7.87. The molecule has 0 heterocycles. The van der Waals surface area contributed by atoms with E-state index in [2.05, 4.69) is 38.1 Å². The first-order valence-electron chi connectivity index (χ1n) is 10.0. The van der Waals surface area contributed by atoms with Gasteiger partial charge in [-0.3, -0.25) is 0 Å². The van der Waals surface area contributed by atoms with E-state index in [1.165, 1.54) is 0 Å². The van der Waals surface area contributed by atoms with Crippen LogP contribution in [-0.2, 0) is 5.41 Å². The molecule has 0 aromatic heterocycles. The third-order valence-corrected chi connectivity index (χ3v) is 5.30. The summed E-state index contributed by atoms with van der Waals surface area (Å²) in [7, 11) is 0. The maximum Gasteiger partial charge on any atom is 0.127 e. The summed E-state index contributed by atoms with van der Waals surface area (Å²) in [6.45, 7) is 4.36. The summed E-state index contributed by atoms with van der Waals surface area (Å²) in [5.41, 5.74) is 2.13. The predicted octanol–water partition coefficient (Wildman–Crippen LogP) is 7.01. The number of hydrogen-bond donors (Lipinski definition) is 2. The van der Waals surface area contributed by atoms with Gasteiger partial charge in [0.25, 0.3) is 0 Å². The number of rotatable bonds is 6. The number of ether oxygens (including phenoxy) is 2. The molecule has 0 aliphatic heterocycles. The maximum absolute atomic E-state index is 9.39. The summed E-state index contributed by atoms with van der Waals surface area (Å²) in [4.78, 5) is 0. The van der Waals surface area contributed by atoms with Crippen LogP contribution in [0.15, 0.2) is 97.1 Å². The molecule has 0 radical (unpaired) electrons. The molecule has 31 heavy (non-hydrogen) atoms. The van der Waals surface area contributed by atoms with Crippen LogP contribution >= 0.6 is 0 Å². The van der Waals surface area contributed by atoms with Crippen molar-refractivity contribution in [2.24, 2.45) is 0 Å². The van der Waals surface area contributed by atoms with Gasteiger partial charge in [0.1, 0.15) is 34.5 Å². The van der Waals surface area contributed by atoms with Crippen molar-refractivity contribution in [3.63, 3.8) is 0 Å². The van der Waals surface area contributed by atoms with Gasteiger partial charge in [0.15, 0.2) is 0 Å². The lowest BCUT2D eigenvalue weighted by Crippen LogP contribution is -2.18. The predicted molar refractivity (Wildman–Crippen MR) is 121 cm³/mol. The Morgan fingerprint density at radius 1 is 0.452 bits per heavy atom. The van der Waals surface area contributed by atoms with E-state index in [1.807, 2.05) is 24.3 Å². The van der Waals surface area contributed by atoms with Gasteiger partial charge in [-0.2, -0.15) is 0 Å². The minimum Gasteiger partial charge on any atom is -0.508 e. The van der Waals surface area contributed by atoms with Crippen LogP contribution in [0, 0.1) is 0 Å². The van der Waals surface area contributed by atoms with E-state index in [1.54, 1.807) is 48.5 Å². The lowest BCUT2D eigenvalue weighted by Gasteiger charge is -2.26. The topological polar surface area (TPSA) is 58.9 Å². The molecule has 4 heteroatoms. The quantitative estimate of drug-likeness (QED) is 0.358. The van der Waals surface area contributed by atoms with Gasteiger partial charge in [-0.05, 0) is 83.9 Å². The Morgan fingerprint density at radius 2 is 0.710 bits per heavy atom. The molecular formula is C27H24O4. The lowest BCUT2D eigenvalue weighted by molar-refractivity contribution is 0.464. The van der Waals surface area contributed by atoms with Crippen LogP contribution < -0.4 is 9.47 Å². The highest BCUT2D eigenvalue weighted by atomic mass is 16.5. The highest BCUT2D eigenvalue weighted by molar-refractivity contribution is 5.44. The zero-order chi connectivity index (χ0) is 21.8. The number of phenolic OH excluding ortho intramolecular Hbond substituents is 2. The zero-order valence-electron chi connectivity index (χ0n) is 17.4. The van der Waals surface area contributed by atoms with Crippen LogP contribution in [0.1, 0.15) is 25.0 Å². The van der Waals surface area contributed by atoms with Gasteiger partial charge in [-0.25, -0.2) is 0 Å². The van der Waals surface area contributed by atoms with Gasteiger partial charge < -0.3 is 19.7 Å². The minimum atomic E-state index is -0.200. The molecule has 2 N–H and O–H groups in total. The molecule has 0 bridgehead atoms. The van der Waals surface area contributed by atoms with E-state index < -0.39 is 0 Å². The second kappa shape index (κ2) is 8.44. The fourth-order valence-corrected chi connectivity index (χ4v) is 3.35. The molecule has 4 rings (SSSR count). The van der Waals surface area contributed by atoms with E-state index in [9.17, 15) is 10.2 Å². The van der Waals surface area contributed by atoms with Crippen LogP contribution in [0.3, 0.4) is 0 Å². The van der Waals surface area contributed by atoms with Crippen molar-refractivity contribution in [1.29, 1.82) is 0 Å². The summed E-state index contributed by atoms with van der Waals surface area (Å²) >= 11 is 0. The summed E-state index contributed by atoms with van der Waals surface area (Å²) in [5, 5.41) is 18.8. The monoisotopic (exact) mass is 412 g/mol. The lowest BCUT2D eigenvalue weighted by atomic mass is 9.78. The summed E-state index contributed by atoms with van der Waals surface area (Å²) in [6, 6.07) is 29.4. The molecule has 0 unspecified atom stereocenters. The fourth-order valence-electron chi connectivity index (χ4n) is 3.35. The SMILES string of the molecule is CC(C)(c1ccc(Oc2ccc(O)cc2)cc1)c1ccc(Oc2ccc(O)cc2)cc1. The Morgan fingerprint density at radius 3 is 1.00 bits per heavy atom. The molecule has 156 valence electrons. The third kappa shape index (κ3) is 4.81. The van der Waals surface area contributed by atoms with Gasteiger partial charge in [-0.1, -0.05) is 38.1 Å². The Bertz CT molecular complexity index is 1030. The van der Waals surface area contributed by atoms with Crippen LogP contribution in [0.5, 0.6) is 34.5 Å². The summed E-state index contributed by atoms with van der Waals surface area (Å²) in [5.74, 6) is 3.25. The molecule has 0 aliphatic rings. The van der Waals surface area contributed by atoms with E-state index >= 15 is 0 Å². The minimum absolute atomic E-state index is 0.200. The zero-order valence-corrected chi connectivity index (χ0v) is 17.4. The van der Waals surface area contributed by atoms with Crippen molar-refractivity contribution < 1.29 is 19.7 Å². The van der Waals surface area contributed by atoms with Crippen molar-refractivity contribution in [2.75, 3.05) is 0 Å². The first-order chi connectivity index (χ1) is 14.9. The number of phenols is 2. The van der Waals surface area contributed by atoms with Crippen molar-refractivity contribution in [3.8, 4) is 34.5 Å². The van der Waals surface area contributed by atoms with Crippen molar-refractivity contribution in [2.45, 2.75) is 19.3 Å². The smallest absolute Gasteiger partial charge is 0.127 e. The van der Waals surface area contributed by atoms with E-state index in [0.717, 1.165) is 22.6 Å². The number of aromatic hydroxyl groups is 2. The second-order valence-corrected chi connectivity index (χ2v) is 7.87. The standard InChI is InChI=1S/C27H24O4/c1-27(2,19-3-11-23(12-4-19)30-25-15-7-21(28)8-16-25)20-5-13-24(14-6-20)31-26-17-9-22(29)10-18-26/h3-18,28-29H,1-2H3. The highest BCUT2D eigenvalue weighted by Gasteiger charge is 2.23. The molecule has 4 aromatic carbocycles. The fraction of sp³-hybridized carbons (Fsp3) is 0.111. The first kappa shape index (κ1) is 20.4. The number of hydrogen-bond acceptors (Lipinski definition) is 4. The van der Waals surface area contributed by atoms with Gasteiger partial charge in [0.05, 0.1) is 0 Å². The Balaban J connectivity index is 1.46. The Hall–Kier alpha value is -3.92. The van der Waals surface area contributed by atoms with E-state index in [0.29, 0.717) is 11.5 Å². The molecule has 4 aromatic rings. The van der Waals surface area contributed by atoms with Crippen LogP contribution in [0.2, 0.25) is 0 Å². The average molecular weight is 412 g/mol. The highest BCUT2D eigenvalue weighted by Crippen LogP contribution is 2.35. The van der Waals surface area contributed by atoms with Gasteiger partial charge in [0.2, 0.25) is 0 Å². The Kier molecular flexibility index (Phi) is 5.54. The van der Waals surface area contributed by atoms with Crippen LogP contribution in [-0.4, -0.2) is 10.2 Å². The van der Waals surface area contributed by atoms with E-state index in [-0.39, 0.29) is 16.9 Å². The molecule has 0 spiro atoms. The van der Waals surface area contributed by atoms with E-state index in [4.69, 9.17) is 9.47 Å². The maximum atomic E-state index is 9.39. The third-order valence-electron chi connectivity index (χ3n) is 5.30. The summed E-state index contributed by atoms with van der Waals surface area (Å²) in [6.07, 6.45) is 0. The van der Waals surface area contributed by atoms with Crippen LogP contribution in [0.25, 0.3) is 0 Å². The molecule has 4 nitrogen and oxygen atoms in total. The van der Waals surface area contributed by atoms with Crippen molar-refractivity contribution >= 4 is 0 Å². The molecule has 0 amide bonds.